The fourth-order valence-corrected chi connectivity index (χ4v) is 6.09. The number of ether oxygens (including phenoxy) is 1. The number of para-hydroxylation sites is 1. The van der Waals surface area contributed by atoms with Crippen molar-refractivity contribution >= 4 is 33.9 Å². The second-order valence-corrected chi connectivity index (χ2v) is 12.2. The third-order valence-electron chi connectivity index (χ3n) is 8.68. The van der Waals surface area contributed by atoms with Crippen LogP contribution in [0.15, 0.2) is 83.4 Å². The molecule has 50 heavy (non-hydrogen) atoms. The van der Waals surface area contributed by atoms with Crippen molar-refractivity contribution in [1.29, 1.82) is 0 Å². The van der Waals surface area contributed by atoms with Crippen LogP contribution in [0.4, 0.5) is 13.2 Å². The van der Waals surface area contributed by atoms with E-state index in [0.29, 0.717) is 49.9 Å². The Morgan fingerprint density at radius 1 is 0.920 bits per heavy atom. The van der Waals surface area contributed by atoms with Gasteiger partial charge in [-0.15, -0.1) is 0 Å². The minimum atomic E-state index is -5.08. The van der Waals surface area contributed by atoms with Gasteiger partial charge in [0.1, 0.15) is 18.2 Å². The van der Waals surface area contributed by atoms with Crippen LogP contribution in [0.2, 0.25) is 0 Å². The molecule has 0 aliphatic heterocycles. The molecule has 0 spiro atoms. The summed E-state index contributed by atoms with van der Waals surface area (Å²) in [6.07, 6.45) is -1.53. The van der Waals surface area contributed by atoms with E-state index in [-0.39, 0.29) is 0 Å². The number of rotatable bonds is 9. The largest absolute Gasteiger partial charge is 0.490 e. The highest BCUT2D eigenvalue weighted by molar-refractivity contribution is 5.80. The number of hydrogen-bond acceptors (Lipinski definition) is 8. The smallest absolute Gasteiger partial charge is 0.487 e. The predicted octanol–water partition coefficient (Wildman–Crippen LogP) is 7.39. The van der Waals surface area contributed by atoms with E-state index in [4.69, 9.17) is 29.1 Å². The summed E-state index contributed by atoms with van der Waals surface area (Å²) in [7, 11) is 0. The maximum atomic E-state index is 12.5. The number of alkyl halides is 3. The third-order valence-corrected chi connectivity index (χ3v) is 8.68. The lowest BCUT2D eigenvalue weighted by atomic mass is 9.82. The molecule has 1 fully saturated rings. The van der Waals surface area contributed by atoms with Crippen LogP contribution in [0, 0.1) is 12.3 Å². The zero-order chi connectivity index (χ0) is 35.5. The molecule has 6 aromatic rings. The van der Waals surface area contributed by atoms with Gasteiger partial charge in [-0.2, -0.15) is 18.2 Å². The zero-order valence-corrected chi connectivity index (χ0v) is 26.9. The third kappa shape index (κ3) is 7.59. The summed E-state index contributed by atoms with van der Waals surface area (Å²) in [5, 5.41) is 22.5. The molecule has 258 valence electrons. The maximum Gasteiger partial charge on any atom is 0.490 e. The highest BCUT2D eigenvalue weighted by atomic mass is 19.4. The number of carboxylic acids is 2. The SMILES string of the molecule is Cc1nc(-c2ccc(Cn3c(CC4(C(=O)O)CCCC4)nc4cc(OCc5ccc6ccccc6n5)ccc43)cc2)no1.O=C(O)C(F)(F)F. The molecule has 0 bridgehead atoms. The van der Waals surface area contributed by atoms with Crippen molar-refractivity contribution in [2.24, 2.45) is 5.41 Å². The van der Waals surface area contributed by atoms with Crippen LogP contribution in [-0.2, 0) is 29.2 Å². The minimum Gasteiger partial charge on any atom is -0.487 e. The molecular formula is C36H32F3N5O6. The zero-order valence-electron chi connectivity index (χ0n) is 26.9. The Balaban J connectivity index is 0.000000561. The van der Waals surface area contributed by atoms with Gasteiger partial charge in [0.25, 0.3) is 0 Å². The van der Waals surface area contributed by atoms with E-state index in [1.165, 1.54) is 0 Å². The van der Waals surface area contributed by atoms with E-state index in [1.807, 2.05) is 72.8 Å². The maximum absolute atomic E-state index is 12.5. The van der Waals surface area contributed by atoms with Gasteiger partial charge in [-0.3, -0.25) is 4.79 Å². The molecule has 2 N–H and O–H groups in total. The summed E-state index contributed by atoms with van der Waals surface area (Å²) in [4.78, 5) is 35.4. The van der Waals surface area contributed by atoms with Crippen LogP contribution in [0.1, 0.15) is 48.7 Å². The summed E-state index contributed by atoms with van der Waals surface area (Å²) in [6.45, 7) is 2.65. The van der Waals surface area contributed by atoms with Crippen LogP contribution in [0.3, 0.4) is 0 Å². The van der Waals surface area contributed by atoms with Crippen LogP contribution < -0.4 is 4.74 Å². The molecule has 3 aromatic heterocycles. The van der Waals surface area contributed by atoms with Gasteiger partial charge in [-0.1, -0.05) is 66.5 Å². The number of aliphatic carboxylic acids is 2. The van der Waals surface area contributed by atoms with Crippen molar-refractivity contribution < 1.29 is 42.2 Å². The van der Waals surface area contributed by atoms with Crippen LogP contribution in [0.5, 0.6) is 5.75 Å². The average molecular weight is 688 g/mol. The summed E-state index contributed by atoms with van der Waals surface area (Å²) >= 11 is 0. The first-order valence-corrected chi connectivity index (χ1v) is 15.8. The van der Waals surface area contributed by atoms with E-state index < -0.39 is 23.5 Å². The molecule has 7 rings (SSSR count). The lowest BCUT2D eigenvalue weighted by Crippen LogP contribution is -2.31. The van der Waals surface area contributed by atoms with Crippen molar-refractivity contribution in [1.82, 2.24) is 24.7 Å². The van der Waals surface area contributed by atoms with Gasteiger partial charge in [-0.25, -0.2) is 14.8 Å². The Hall–Kier alpha value is -5.79. The summed E-state index contributed by atoms with van der Waals surface area (Å²) in [5.41, 5.74) is 4.62. The molecule has 14 heteroatoms. The number of benzene rings is 3. The molecule has 1 aliphatic rings. The number of pyridine rings is 1. The Bertz CT molecular complexity index is 2150. The van der Waals surface area contributed by atoms with Gasteiger partial charge in [0.05, 0.1) is 27.7 Å². The monoisotopic (exact) mass is 687 g/mol. The number of carboxylic acid groups (broad SMARTS) is 2. The molecule has 0 saturated heterocycles. The number of nitrogens with zero attached hydrogens (tertiary/aromatic N) is 5. The Morgan fingerprint density at radius 2 is 1.64 bits per heavy atom. The van der Waals surface area contributed by atoms with Crippen molar-refractivity contribution in [2.75, 3.05) is 0 Å². The van der Waals surface area contributed by atoms with E-state index >= 15 is 0 Å². The fourth-order valence-electron chi connectivity index (χ4n) is 6.09. The standard InChI is InChI=1S/C34H31N5O4.C2HF3O2/c1-22-35-32(38-43-22)25-10-8-23(9-11-25)20-39-30-15-14-27(42-21-26-13-12-24-6-2-3-7-28(24)36-26)18-29(30)37-31(39)19-34(33(40)41)16-4-5-17-34;3-2(4,5)1(6)7/h2-3,6-15,18H,4-5,16-17,19-21H2,1H3,(H,40,41);(H,6,7). The Kier molecular flexibility index (Phi) is 9.53. The van der Waals surface area contributed by atoms with Crippen LogP contribution >= 0.6 is 0 Å². The fraction of sp³-hybridized carbons (Fsp3) is 0.278. The lowest BCUT2D eigenvalue weighted by molar-refractivity contribution is -0.192. The van der Waals surface area contributed by atoms with Crippen molar-refractivity contribution in [2.45, 2.75) is 58.4 Å². The second-order valence-electron chi connectivity index (χ2n) is 12.2. The Labute approximate surface area is 283 Å². The van der Waals surface area contributed by atoms with Crippen LogP contribution in [-0.4, -0.2) is 53.0 Å². The number of imidazole rings is 1. The lowest BCUT2D eigenvalue weighted by Gasteiger charge is -2.24. The molecule has 0 unspecified atom stereocenters. The minimum absolute atomic E-state index is 0.332. The summed E-state index contributed by atoms with van der Waals surface area (Å²) < 4.78 is 45.1. The number of aromatic nitrogens is 5. The van der Waals surface area contributed by atoms with E-state index in [0.717, 1.165) is 57.4 Å². The highest BCUT2D eigenvalue weighted by Gasteiger charge is 2.42. The van der Waals surface area contributed by atoms with E-state index in [2.05, 4.69) is 20.8 Å². The van der Waals surface area contributed by atoms with Gasteiger partial charge < -0.3 is 24.0 Å². The number of halogens is 3. The molecule has 11 nitrogen and oxygen atoms in total. The van der Waals surface area contributed by atoms with Gasteiger partial charge in [0.2, 0.25) is 11.7 Å². The van der Waals surface area contributed by atoms with Crippen molar-refractivity contribution in [3.63, 3.8) is 0 Å². The van der Waals surface area contributed by atoms with E-state index in [1.54, 1.807) is 6.92 Å². The number of aryl methyl sites for hydroxylation is 1. The molecular weight excluding hydrogens is 655 g/mol. The number of hydrogen-bond donors (Lipinski definition) is 2. The molecule has 0 amide bonds. The van der Waals surface area contributed by atoms with Gasteiger partial charge >= 0.3 is 18.1 Å². The number of fused-ring (bicyclic) bond motifs is 2. The first kappa shape index (κ1) is 34.1. The summed E-state index contributed by atoms with van der Waals surface area (Å²) in [5.74, 6) is -0.973. The predicted molar refractivity (Wildman–Crippen MR) is 175 cm³/mol. The van der Waals surface area contributed by atoms with Gasteiger partial charge in [0.15, 0.2) is 0 Å². The molecule has 0 atom stereocenters. The van der Waals surface area contributed by atoms with Gasteiger partial charge in [-0.05, 0) is 42.7 Å². The average Bonchev–Trinajstić information content (AvgIpc) is 3.83. The van der Waals surface area contributed by atoms with E-state index in [9.17, 15) is 23.1 Å². The van der Waals surface area contributed by atoms with Crippen LogP contribution in [0.25, 0.3) is 33.3 Å². The van der Waals surface area contributed by atoms with Gasteiger partial charge in [0, 0.05) is 36.9 Å². The quantitative estimate of drug-likeness (QED) is 0.157. The highest BCUT2D eigenvalue weighted by Crippen LogP contribution is 2.42. The number of carbonyl (C=O) groups is 2. The molecule has 1 aliphatic carbocycles. The topological polar surface area (TPSA) is 153 Å². The summed E-state index contributed by atoms with van der Waals surface area (Å²) in [6, 6.07) is 25.9. The normalized spacial score (nSPS) is 14.0. The first-order valence-electron chi connectivity index (χ1n) is 15.8. The van der Waals surface area contributed by atoms with Crippen molar-refractivity contribution in [3.05, 3.63) is 102 Å². The molecule has 3 aromatic carbocycles. The molecule has 0 radical (unpaired) electrons. The second kappa shape index (κ2) is 14.0. The van der Waals surface area contributed by atoms with Crippen molar-refractivity contribution in [3.8, 4) is 17.1 Å². The Morgan fingerprint density at radius 3 is 2.30 bits per heavy atom. The first-order chi connectivity index (χ1) is 23.9. The molecule has 3 heterocycles. The molecule has 1 saturated carbocycles.